The molecule has 0 bridgehead atoms. The SMILES string of the molecule is CCC/C=C(\c1cc(-c2c(C)c(Cl)cc(C(C)n3nc(C)c4c(C)ncnc43)c2OC)ccn1)N(C)C. The number of halogens is 1. The van der Waals surface area contributed by atoms with Crippen LogP contribution in [0.25, 0.3) is 27.9 Å². The summed E-state index contributed by atoms with van der Waals surface area (Å²) in [5.74, 6) is 0.766. The van der Waals surface area contributed by atoms with Crippen molar-refractivity contribution in [3.8, 4) is 16.9 Å². The Balaban J connectivity index is 1.91. The molecule has 3 heterocycles. The van der Waals surface area contributed by atoms with Crippen molar-refractivity contribution in [3.05, 3.63) is 70.0 Å². The number of ether oxygens (including phenoxy) is 1. The largest absolute Gasteiger partial charge is 0.496 e. The summed E-state index contributed by atoms with van der Waals surface area (Å²) in [5, 5.41) is 6.48. The Bertz CT molecular complexity index is 1470. The van der Waals surface area contributed by atoms with Crippen molar-refractivity contribution in [2.45, 2.75) is 53.5 Å². The fourth-order valence-electron chi connectivity index (χ4n) is 4.86. The lowest BCUT2D eigenvalue weighted by atomic mass is 9.93. The first-order chi connectivity index (χ1) is 17.7. The molecule has 0 amide bonds. The van der Waals surface area contributed by atoms with E-state index >= 15 is 0 Å². The Morgan fingerprint density at radius 1 is 1.14 bits per heavy atom. The van der Waals surface area contributed by atoms with Crippen LogP contribution in [0, 0.1) is 20.8 Å². The van der Waals surface area contributed by atoms with Gasteiger partial charge < -0.3 is 9.64 Å². The first-order valence-corrected chi connectivity index (χ1v) is 12.9. The highest BCUT2D eigenvalue weighted by Gasteiger charge is 2.25. The standard InChI is InChI=1S/C29H35ClN6O/c1-9-10-11-25(35(6)7)24-14-21(12-13-31-24)26-17(2)23(30)15-22(28(26)37-8)20(5)36-29-27(19(4)34-36)18(3)32-16-33-29/h11-16,20H,9-10H2,1-8H3/b25-11+. The van der Waals surface area contributed by atoms with Crippen LogP contribution in [-0.4, -0.2) is 50.8 Å². The van der Waals surface area contributed by atoms with Gasteiger partial charge in [0, 0.05) is 36.4 Å². The predicted molar refractivity (Wildman–Crippen MR) is 151 cm³/mol. The number of benzene rings is 1. The van der Waals surface area contributed by atoms with Gasteiger partial charge in [0.1, 0.15) is 12.1 Å². The summed E-state index contributed by atoms with van der Waals surface area (Å²) in [6.45, 7) is 10.3. The summed E-state index contributed by atoms with van der Waals surface area (Å²) in [6.07, 6.45) is 7.73. The molecule has 0 saturated carbocycles. The first kappa shape index (κ1) is 26.6. The van der Waals surface area contributed by atoms with E-state index < -0.39 is 0 Å². The quantitative estimate of drug-likeness (QED) is 0.256. The van der Waals surface area contributed by atoms with E-state index in [0.29, 0.717) is 5.02 Å². The van der Waals surface area contributed by atoms with Gasteiger partial charge in [0.15, 0.2) is 5.65 Å². The molecule has 37 heavy (non-hydrogen) atoms. The maximum Gasteiger partial charge on any atom is 0.162 e. The van der Waals surface area contributed by atoms with Crippen molar-refractivity contribution in [2.24, 2.45) is 0 Å². The lowest BCUT2D eigenvalue weighted by Crippen LogP contribution is -2.12. The van der Waals surface area contributed by atoms with E-state index in [4.69, 9.17) is 21.4 Å². The van der Waals surface area contributed by atoms with Gasteiger partial charge >= 0.3 is 0 Å². The maximum atomic E-state index is 6.85. The molecule has 0 aliphatic carbocycles. The molecule has 0 spiro atoms. The average molecular weight is 519 g/mol. The normalized spacial score (nSPS) is 12.7. The minimum absolute atomic E-state index is 0.180. The zero-order valence-corrected chi connectivity index (χ0v) is 23.7. The molecule has 194 valence electrons. The van der Waals surface area contributed by atoms with Crippen molar-refractivity contribution in [2.75, 3.05) is 21.2 Å². The molecule has 0 fully saturated rings. The summed E-state index contributed by atoms with van der Waals surface area (Å²) in [7, 11) is 5.79. The molecule has 0 aliphatic rings. The fraction of sp³-hybridized carbons (Fsp3) is 0.379. The second kappa shape index (κ2) is 10.9. The van der Waals surface area contributed by atoms with Crippen LogP contribution in [0.1, 0.15) is 60.9 Å². The van der Waals surface area contributed by atoms with E-state index in [9.17, 15) is 0 Å². The van der Waals surface area contributed by atoms with Crippen LogP contribution < -0.4 is 4.74 Å². The first-order valence-electron chi connectivity index (χ1n) is 12.6. The lowest BCUT2D eigenvalue weighted by Gasteiger charge is -2.23. The van der Waals surface area contributed by atoms with Crippen LogP contribution >= 0.6 is 11.6 Å². The number of methoxy groups -OCH3 is 1. The Labute approximate surface area is 224 Å². The van der Waals surface area contributed by atoms with E-state index in [1.165, 1.54) is 0 Å². The Kier molecular flexibility index (Phi) is 7.83. The molecule has 1 unspecified atom stereocenters. The zero-order chi connectivity index (χ0) is 26.9. The van der Waals surface area contributed by atoms with Gasteiger partial charge in [-0.2, -0.15) is 5.10 Å². The molecular formula is C29H35ClN6O. The summed E-state index contributed by atoms with van der Waals surface area (Å²) in [4.78, 5) is 15.7. The smallest absolute Gasteiger partial charge is 0.162 e. The highest BCUT2D eigenvalue weighted by atomic mass is 35.5. The third kappa shape index (κ3) is 4.92. The van der Waals surface area contributed by atoms with Gasteiger partial charge in [0.2, 0.25) is 0 Å². The molecule has 1 aromatic carbocycles. The van der Waals surface area contributed by atoms with E-state index in [2.05, 4.69) is 45.8 Å². The number of hydrogen-bond donors (Lipinski definition) is 0. The minimum atomic E-state index is -0.180. The van der Waals surface area contributed by atoms with Gasteiger partial charge in [-0.1, -0.05) is 31.0 Å². The van der Waals surface area contributed by atoms with Crippen LogP contribution in [-0.2, 0) is 0 Å². The number of pyridine rings is 1. The molecule has 0 aliphatic heterocycles. The molecule has 0 radical (unpaired) electrons. The Hall–Kier alpha value is -3.45. The highest BCUT2D eigenvalue weighted by molar-refractivity contribution is 6.32. The van der Waals surface area contributed by atoms with E-state index in [1.54, 1.807) is 13.4 Å². The third-order valence-corrected chi connectivity index (χ3v) is 7.19. The number of rotatable bonds is 8. The average Bonchev–Trinajstić information content (AvgIpc) is 3.22. The third-order valence-electron chi connectivity index (χ3n) is 6.80. The molecule has 4 rings (SSSR count). The number of hydrogen-bond acceptors (Lipinski definition) is 6. The minimum Gasteiger partial charge on any atom is -0.496 e. The van der Waals surface area contributed by atoms with Gasteiger partial charge in [-0.3, -0.25) is 4.98 Å². The summed E-state index contributed by atoms with van der Waals surface area (Å²) >= 11 is 6.85. The van der Waals surface area contributed by atoms with Crippen molar-refractivity contribution in [1.82, 2.24) is 29.6 Å². The van der Waals surface area contributed by atoms with E-state index in [0.717, 1.165) is 74.7 Å². The fourth-order valence-corrected chi connectivity index (χ4v) is 5.08. The highest BCUT2D eigenvalue weighted by Crippen LogP contribution is 2.43. The van der Waals surface area contributed by atoms with Crippen molar-refractivity contribution < 1.29 is 4.74 Å². The Morgan fingerprint density at radius 3 is 2.57 bits per heavy atom. The summed E-state index contributed by atoms with van der Waals surface area (Å²) in [5.41, 5.74) is 8.43. The van der Waals surface area contributed by atoms with Crippen molar-refractivity contribution >= 4 is 28.3 Å². The van der Waals surface area contributed by atoms with Crippen LogP contribution in [0.5, 0.6) is 5.75 Å². The zero-order valence-electron chi connectivity index (χ0n) is 22.9. The Morgan fingerprint density at radius 2 is 1.89 bits per heavy atom. The summed E-state index contributed by atoms with van der Waals surface area (Å²) in [6, 6.07) is 5.92. The van der Waals surface area contributed by atoms with Gasteiger partial charge in [-0.05, 0) is 63.4 Å². The van der Waals surface area contributed by atoms with Gasteiger partial charge in [0.05, 0.1) is 41.3 Å². The van der Waals surface area contributed by atoms with Gasteiger partial charge in [-0.25, -0.2) is 14.6 Å². The second-order valence-corrected chi connectivity index (χ2v) is 9.95. The molecule has 0 N–H and O–H groups in total. The molecule has 4 aromatic rings. The summed E-state index contributed by atoms with van der Waals surface area (Å²) < 4.78 is 8.02. The molecule has 7 nitrogen and oxygen atoms in total. The second-order valence-electron chi connectivity index (χ2n) is 9.55. The van der Waals surface area contributed by atoms with Crippen LogP contribution in [0.2, 0.25) is 5.02 Å². The van der Waals surface area contributed by atoms with Crippen molar-refractivity contribution in [3.63, 3.8) is 0 Å². The van der Waals surface area contributed by atoms with Gasteiger partial charge in [0.25, 0.3) is 0 Å². The molecule has 0 saturated heterocycles. The number of fused-ring (bicyclic) bond motifs is 1. The predicted octanol–water partition coefficient (Wildman–Crippen LogP) is 6.79. The number of unbranched alkanes of at least 4 members (excludes halogenated alkanes) is 1. The van der Waals surface area contributed by atoms with Crippen LogP contribution in [0.15, 0.2) is 36.8 Å². The number of aromatic nitrogens is 5. The maximum absolute atomic E-state index is 6.85. The molecule has 1 atom stereocenters. The molecule has 8 heteroatoms. The lowest BCUT2D eigenvalue weighted by molar-refractivity contribution is 0.402. The number of nitrogens with zero attached hydrogens (tertiary/aromatic N) is 6. The van der Waals surface area contributed by atoms with Crippen LogP contribution in [0.4, 0.5) is 0 Å². The molecule has 3 aromatic heterocycles. The number of aryl methyl sites for hydroxylation is 2. The monoisotopic (exact) mass is 518 g/mol. The van der Waals surface area contributed by atoms with Crippen LogP contribution in [0.3, 0.4) is 0 Å². The van der Waals surface area contributed by atoms with E-state index in [1.807, 2.05) is 57.9 Å². The topological polar surface area (TPSA) is 69.0 Å². The number of allylic oxidation sites excluding steroid dienone is 1. The van der Waals surface area contributed by atoms with Gasteiger partial charge in [-0.15, -0.1) is 0 Å². The van der Waals surface area contributed by atoms with E-state index in [-0.39, 0.29) is 6.04 Å². The van der Waals surface area contributed by atoms with Crippen molar-refractivity contribution in [1.29, 1.82) is 0 Å². The molecular weight excluding hydrogens is 484 g/mol.